The zero-order valence-electron chi connectivity index (χ0n) is 8.68. The average Bonchev–Trinajstić information content (AvgIpc) is 2.29. The summed E-state index contributed by atoms with van der Waals surface area (Å²) in [4.78, 5) is 11.4. The Hall–Kier alpha value is -1.24. The van der Waals surface area contributed by atoms with Gasteiger partial charge in [-0.2, -0.15) is 8.78 Å². The van der Waals surface area contributed by atoms with E-state index in [1.54, 1.807) is 0 Å². The molecule has 0 unspecified atom stereocenters. The predicted octanol–water partition coefficient (Wildman–Crippen LogP) is 3.11. The minimum atomic E-state index is -3.10. The molecule has 0 aliphatic rings. The maximum Gasteiger partial charge on any atom is 0.387 e. The highest BCUT2D eigenvalue weighted by molar-refractivity contribution is 9.08. The Labute approximate surface area is 104 Å². The number of benzene rings is 1. The zero-order chi connectivity index (χ0) is 13.0. The standard InChI is InChI=1S/C10H8BrF3O3/c1-16-9(15)8-5(4-11)6(12)2-3-7(8)17-10(13)14/h2-3,10H,4H2,1H3. The molecule has 0 saturated heterocycles. The van der Waals surface area contributed by atoms with Gasteiger partial charge in [-0.25, -0.2) is 9.18 Å². The van der Waals surface area contributed by atoms with E-state index >= 15 is 0 Å². The fraction of sp³-hybridized carbons (Fsp3) is 0.300. The van der Waals surface area contributed by atoms with Crippen LogP contribution in [0.15, 0.2) is 12.1 Å². The summed E-state index contributed by atoms with van der Waals surface area (Å²) in [5.41, 5.74) is -0.431. The van der Waals surface area contributed by atoms with Crippen molar-refractivity contribution in [2.24, 2.45) is 0 Å². The summed E-state index contributed by atoms with van der Waals surface area (Å²) in [6, 6.07) is 1.90. The molecule has 7 heteroatoms. The van der Waals surface area contributed by atoms with Gasteiger partial charge in [-0.05, 0) is 12.1 Å². The molecule has 1 rings (SSSR count). The van der Waals surface area contributed by atoms with Gasteiger partial charge in [-0.15, -0.1) is 0 Å². The topological polar surface area (TPSA) is 35.5 Å². The van der Waals surface area contributed by atoms with E-state index in [0.29, 0.717) is 0 Å². The van der Waals surface area contributed by atoms with E-state index in [2.05, 4.69) is 25.4 Å². The molecular weight excluding hydrogens is 305 g/mol. The third-order valence-electron chi connectivity index (χ3n) is 1.96. The second kappa shape index (κ2) is 5.90. The molecule has 0 N–H and O–H groups in total. The Morgan fingerprint density at radius 1 is 1.47 bits per heavy atom. The van der Waals surface area contributed by atoms with Gasteiger partial charge in [0.05, 0.1) is 7.11 Å². The van der Waals surface area contributed by atoms with Gasteiger partial charge in [-0.3, -0.25) is 0 Å². The Bertz CT molecular complexity index is 424. The summed E-state index contributed by atoms with van der Waals surface area (Å²) in [5.74, 6) is -2.05. The van der Waals surface area contributed by atoms with Crippen LogP contribution in [0, 0.1) is 5.82 Å². The molecule has 0 saturated carbocycles. The first-order valence-electron chi connectivity index (χ1n) is 4.41. The lowest BCUT2D eigenvalue weighted by Crippen LogP contribution is -2.12. The summed E-state index contributed by atoms with van der Waals surface area (Å²) >= 11 is 2.97. The van der Waals surface area contributed by atoms with Crippen LogP contribution in [0.1, 0.15) is 15.9 Å². The van der Waals surface area contributed by atoms with E-state index in [4.69, 9.17) is 0 Å². The molecule has 1 aromatic rings. The highest BCUT2D eigenvalue weighted by Gasteiger charge is 2.22. The minimum absolute atomic E-state index is 0.0241. The highest BCUT2D eigenvalue weighted by Crippen LogP contribution is 2.28. The van der Waals surface area contributed by atoms with E-state index in [0.717, 1.165) is 19.2 Å². The highest BCUT2D eigenvalue weighted by atomic mass is 79.9. The summed E-state index contributed by atoms with van der Waals surface area (Å²) in [6.45, 7) is -3.10. The molecule has 0 radical (unpaired) electrons. The number of carbonyl (C=O) groups excluding carboxylic acids is 1. The molecule has 94 valence electrons. The lowest BCUT2D eigenvalue weighted by molar-refractivity contribution is -0.0504. The Kier molecular flexibility index (Phi) is 4.80. The smallest absolute Gasteiger partial charge is 0.387 e. The summed E-state index contributed by atoms with van der Waals surface area (Å²) in [7, 11) is 1.07. The lowest BCUT2D eigenvalue weighted by Gasteiger charge is -2.12. The van der Waals surface area contributed by atoms with Crippen molar-refractivity contribution < 1.29 is 27.4 Å². The first kappa shape index (κ1) is 13.8. The number of alkyl halides is 3. The van der Waals surface area contributed by atoms with Gasteiger partial charge in [0.2, 0.25) is 0 Å². The van der Waals surface area contributed by atoms with Crippen molar-refractivity contribution in [2.45, 2.75) is 11.9 Å². The molecule has 0 aromatic heterocycles. The van der Waals surface area contributed by atoms with Crippen LogP contribution < -0.4 is 4.74 Å². The second-order valence-electron chi connectivity index (χ2n) is 2.90. The van der Waals surface area contributed by atoms with Gasteiger partial charge < -0.3 is 9.47 Å². The van der Waals surface area contributed by atoms with Crippen molar-refractivity contribution in [3.63, 3.8) is 0 Å². The van der Waals surface area contributed by atoms with Crippen molar-refractivity contribution in [2.75, 3.05) is 7.11 Å². The number of carbonyl (C=O) groups is 1. The fourth-order valence-electron chi connectivity index (χ4n) is 1.25. The van der Waals surface area contributed by atoms with Gasteiger partial charge >= 0.3 is 12.6 Å². The molecule has 0 aliphatic heterocycles. The van der Waals surface area contributed by atoms with Crippen molar-refractivity contribution in [1.29, 1.82) is 0 Å². The third-order valence-corrected chi connectivity index (χ3v) is 2.52. The zero-order valence-corrected chi connectivity index (χ0v) is 10.3. The maximum atomic E-state index is 13.4. The van der Waals surface area contributed by atoms with Gasteiger partial charge in [0.25, 0.3) is 0 Å². The fourth-order valence-corrected chi connectivity index (χ4v) is 1.80. The monoisotopic (exact) mass is 312 g/mol. The Morgan fingerprint density at radius 2 is 2.12 bits per heavy atom. The van der Waals surface area contributed by atoms with E-state index in [1.807, 2.05) is 0 Å². The first-order valence-corrected chi connectivity index (χ1v) is 5.53. The number of hydrogen-bond acceptors (Lipinski definition) is 3. The normalized spacial score (nSPS) is 10.5. The van der Waals surface area contributed by atoms with E-state index in [9.17, 15) is 18.0 Å². The van der Waals surface area contributed by atoms with E-state index < -0.39 is 24.1 Å². The van der Waals surface area contributed by atoms with E-state index in [-0.39, 0.29) is 16.5 Å². The number of methoxy groups -OCH3 is 1. The molecule has 0 aliphatic carbocycles. The minimum Gasteiger partial charge on any atom is -0.465 e. The second-order valence-corrected chi connectivity index (χ2v) is 3.46. The summed E-state index contributed by atoms with van der Waals surface area (Å²) in [5, 5.41) is -0.0241. The number of hydrogen-bond donors (Lipinski definition) is 0. The van der Waals surface area contributed by atoms with Gasteiger partial charge in [0.1, 0.15) is 17.1 Å². The quantitative estimate of drug-likeness (QED) is 0.633. The Morgan fingerprint density at radius 3 is 2.59 bits per heavy atom. The largest absolute Gasteiger partial charge is 0.465 e. The summed E-state index contributed by atoms with van der Waals surface area (Å²) in [6.07, 6.45) is 0. The number of rotatable bonds is 4. The number of ether oxygens (including phenoxy) is 2. The van der Waals surface area contributed by atoms with Crippen LogP contribution in [-0.2, 0) is 10.1 Å². The van der Waals surface area contributed by atoms with Crippen LogP contribution in [0.2, 0.25) is 0 Å². The molecule has 1 aromatic carbocycles. The maximum absolute atomic E-state index is 13.4. The predicted molar refractivity (Wildman–Crippen MR) is 57.0 cm³/mol. The lowest BCUT2D eigenvalue weighted by atomic mass is 10.1. The molecule has 0 bridgehead atoms. The molecular formula is C10H8BrF3O3. The molecule has 3 nitrogen and oxygen atoms in total. The third kappa shape index (κ3) is 3.12. The van der Waals surface area contributed by atoms with Gasteiger partial charge in [0, 0.05) is 10.9 Å². The number of esters is 1. The Balaban J connectivity index is 3.34. The molecule has 0 spiro atoms. The molecule has 0 fully saturated rings. The van der Waals surface area contributed by atoms with Crippen molar-refractivity contribution in [1.82, 2.24) is 0 Å². The molecule has 17 heavy (non-hydrogen) atoms. The molecule has 0 atom stereocenters. The SMILES string of the molecule is COC(=O)c1c(OC(F)F)ccc(F)c1CBr. The molecule has 0 heterocycles. The van der Waals surface area contributed by atoms with Crippen LogP contribution >= 0.6 is 15.9 Å². The average molecular weight is 313 g/mol. The van der Waals surface area contributed by atoms with Crippen LogP contribution in [-0.4, -0.2) is 19.7 Å². The van der Waals surface area contributed by atoms with Crippen LogP contribution in [0.3, 0.4) is 0 Å². The van der Waals surface area contributed by atoms with Crippen molar-refractivity contribution >= 4 is 21.9 Å². The van der Waals surface area contributed by atoms with Gasteiger partial charge in [0.15, 0.2) is 0 Å². The van der Waals surface area contributed by atoms with Crippen LogP contribution in [0.4, 0.5) is 13.2 Å². The first-order chi connectivity index (χ1) is 8.01. The summed E-state index contributed by atoms with van der Waals surface area (Å²) < 4.78 is 46.2. The number of halogens is 4. The van der Waals surface area contributed by atoms with E-state index in [1.165, 1.54) is 0 Å². The van der Waals surface area contributed by atoms with Crippen molar-refractivity contribution in [3.8, 4) is 5.75 Å². The van der Waals surface area contributed by atoms with Gasteiger partial charge in [-0.1, -0.05) is 15.9 Å². The van der Waals surface area contributed by atoms with Crippen LogP contribution in [0.5, 0.6) is 5.75 Å². The molecule has 0 amide bonds. The van der Waals surface area contributed by atoms with Crippen molar-refractivity contribution in [3.05, 3.63) is 29.1 Å². The van der Waals surface area contributed by atoms with Crippen LogP contribution in [0.25, 0.3) is 0 Å².